The Hall–Kier alpha value is -2.56. The number of piperidine rings is 1. The zero-order valence-electron chi connectivity index (χ0n) is 26.0. The second kappa shape index (κ2) is 12.8. The quantitative estimate of drug-likeness (QED) is 0.475. The number of nitrogens with one attached hydrogen (secondary N) is 1. The van der Waals surface area contributed by atoms with Crippen molar-refractivity contribution in [3.63, 3.8) is 0 Å². The van der Waals surface area contributed by atoms with Gasteiger partial charge in [-0.25, -0.2) is 22.7 Å². The first-order chi connectivity index (χ1) is 20.7. The molecular formula is C33H48N6O3S. The molecule has 6 rings (SSSR count). The molecule has 43 heavy (non-hydrogen) atoms. The number of likely N-dealkylation sites (tertiary alicyclic amines) is 2. The highest BCUT2D eigenvalue weighted by Gasteiger charge is 2.45. The Balaban J connectivity index is 0.991. The smallest absolute Gasteiger partial charge is 0.272 e. The van der Waals surface area contributed by atoms with Crippen LogP contribution in [0.2, 0.25) is 0 Å². The highest BCUT2D eigenvalue weighted by Crippen LogP contribution is 2.42. The molecule has 9 nitrogen and oxygen atoms in total. The molecule has 5 atom stereocenters. The third kappa shape index (κ3) is 6.76. The third-order valence-corrected chi connectivity index (χ3v) is 12.3. The molecule has 2 aliphatic carbocycles. The van der Waals surface area contributed by atoms with Gasteiger partial charge in [0.25, 0.3) is 5.91 Å². The van der Waals surface area contributed by atoms with Crippen molar-refractivity contribution in [2.45, 2.75) is 76.3 Å². The minimum Gasteiger partial charge on any atom is -0.369 e. The molecule has 2 aliphatic heterocycles. The van der Waals surface area contributed by atoms with Crippen LogP contribution in [0.3, 0.4) is 0 Å². The standard InChI is InChI=1S/C33H48N6O3S/c1-23-31(35-22-36-32(23)34-19-24-8-7-11-26(16-24)25-9-5-4-6-10-25)33(40)38-14-12-29(13-15-38)39-20-27-17-30(18-28(27)21-39)37(2)43(3,41)42/h4-6,9-10,22,24,26-30H,7-8,11-21H2,1-3H3,(H,34,35,36)/t24-,26+,27-,28+,30-/m0/s1. The van der Waals surface area contributed by atoms with Crippen LogP contribution in [0.5, 0.6) is 0 Å². The highest BCUT2D eigenvalue weighted by molar-refractivity contribution is 7.88. The van der Waals surface area contributed by atoms with Crippen LogP contribution in [-0.2, 0) is 10.0 Å². The van der Waals surface area contributed by atoms with Crippen LogP contribution in [0.15, 0.2) is 36.7 Å². The number of amides is 1. The second-order valence-electron chi connectivity index (χ2n) is 13.6. The molecule has 1 amide bonds. The van der Waals surface area contributed by atoms with Gasteiger partial charge in [-0.1, -0.05) is 36.8 Å². The summed E-state index contributed by atoms with van der Waals surface area (Å²) in [4.78, 5) is 27.1. The Morgan fingerprint density at radius 2 is 1.70 bits per heavy atom. The number of fused-ring (bicyclic) bond motifs is 1. The molecule has 2 aromatic rings. The van der Waals surface area contributed by atoms with Crippen molar-refractivity contribution in [1.82, 2.24) is 24.1 Å². The lowest BCUT2D eigenvalue weighted by atomic mass is 9.78. The molecule has 0 bridgehead atoms. The third-order valence-electron chi connectivity index (χ3n) is 11.0. The summed E-state index contributed by atoms with van der Waals surface area (Å²) in [5.74, 6) is 3.13. The lowest BCUT2D eigenvalue weighted by Gasteiger charge is -2.37. The number of sulfonamides is 1. The van der Waals surface area contributed by atoms with Crippen molar-refractivity contribution in [3.05, 3.63) is 53.5 Å². The zero-order chi connectivity index (χ0) is 30.1. The monoisotopic (exact) mass is 608 g/mol. The second-order valence-corrected chi connectivity index (χ2v) is 15.7. The van der Waals surface area contributed by atoms with Crippen LogP contribution >= 0.6 is 0 Å². The number of nitrogens with zero attached hydrogens (tertiary/aromatic N) is 5. The lowest BCUT2D eigenvalue weighted by molar-refractivity contribution is 0.0628. The summed E-state index contributed by atoms with van der Waals surface area (Å²) in [6, 6.07) is 11.5. The molecule has 1 aromatic heterocycles. The van der Waals surface area contributed by atoms with Crippen LogP contribution in [0, 0.1) is 24.7 Å². The summed E-state index contributed by atoms with van der Waals surface area (Å²) in [5.41, 5.74) is 2.80. The van der Waals surface area contributed by atoms with Crippen LogP contribution in [0.1, 0.15) is 78.9 Å². The van der Waals surface area contributed by atoms with Gasteiger partial charge in [-0.2, -0.15) is 0 Å². The zero-order valence-corrected chi connectivity index (χ0v) is 26.8. The van der Waals surface area contributed by atoms with E-state index >= 15 is 0 Å². The Morgan fingerprint density at radius 3 is 2.37 bits per heavy atom. The van der Waals surface area contributed by atoms with Crippen LogP contribution in [-0.4, -0.2) is 96.5 Å². The van der Waals surface area contributed by atoms with Gasteiger partial charge in [0.1, 0.15) is 17.8 Å². The topological polar surface area (TPSA) is 98.7 Å². The van der Waals surface area contributed by atoms with Gasteiger partial charge < -0.3 is 10.2 Å². The predicted molar refractivity (Wildman–Crippen MR) is 170 cm³/mol. The minimum atomic E-state index is -3.15. The van der Waals surface area contributed by atoms with E-state index in [9.17, 15) is 13.2 Å². The van der Waals surface area contributed by atoms with Gasteiger partial charge in [0.15, 0.2) is 0 Å². The molecule has 2 saturated heterocycles. The summed E-state index contributed by atoms with van der Waals surface area (Å²) in [7, 11) is -1.42. The van der Waals surface area contributed by atoms with Gasteiger partial charge in [0, 0.05) is 57.4 Å². The number of hydrogen-bond acceptors (Lipinski definition) is 7. The minimum absolute atomic E-state index is 0.00755. The number of hydrogen-bond donors (Lipinski definition) is 1. The Labute approximate surface area is 257 Å². The van der Waals surface area contributed by atoms with Crippen LogP contribution in [0.25, 0.3) is 0 Å². The van der Waals surface area contributed by atoms with Crippen molar-refractivity contribution in [3.8, 4) is 0 Å². The van der Waals surface area contributed by atoms with E-state index in [-0.39, 0.29) is 11.9 Å². The average Bonchev–Trinajstić information content (AvgIpc) is 3.60. The fourth-order valence-electron chi connectivity index (χ4n) is 8.34. The summed E-state index contributed by atoms with van der Waals surface area (Å²) < 4.78 is 25.6. The fourth-order valence-corrected chi connectivity index (χ4v) is 9.06. The first-order valence-electron chi connectivity index (χ1n) is 16.2. The van der Waals surface area contributed by atoms with E-state index in [0.717, 1.165) is 69.8 Å². The molecule has 0 radical (unpaired) electrons. The molecule has 4 fully saturated rings. The normalized spacial score (nSPS) is 28.7. The summed E-state index contributed by atoms with van der Waals surface area (Å²) in [6.07, 6.45) is 11.6. The van der Waals surface area contributed by atoms with Gasteiger partial charge in [-0.05, 0) is 81.1 Å². The average molecular weight is 609 g/mol. The van der Waals surface area contributed by atoms with Crippen molar-refractivity contribution < 1.29 is 13.2 Å². The summed E-state index contributed by atoms with van der Waals surface area (Å²) in [6.45, 7) is 6.40. The molecule has 0 unspecified atom stereocenters. The molecule has 1 aromatic carbocycles. The molecular weight excluding hydrogens is 560 g/mol. The number of anilines is 1. The number of rotatable bonds is 8. The molecule has 2 saturated carbocycles. The maximum Gasteiger partial charge on any atom is 0.272 e. The van der Waals surface area contributed by atoms with Crippen LogP contribution in [0.4, 0.5) is 5.82 Å². The fraction of sp³-hybridized carbons (Fsp3) is 0.667. The van der Waals surface area contributed by atoms with E-state index in [0.29, 0.717) is 35.4 Å². The van der Waals surface area contributed by atoms with E-state index < -0.39 is 10.0 Å². The largest absolute Gasteiger partial charge is 0.369 e. The maximum absolute atomic E-state index is 13.6. The Kier molecular flexibility index (Phi) is 9.08. The van der Waals surface area contributed by atoms with Crippen molar-refractivity contribution in [2.75, 3.05) is 51.3 Å². The molecule has 1 N–H and O–H groups in total. The number of aromatic nitrogens is 2. The molecule has 4 aliphatic rings. The van der Waals surface area contributed by atoms with Gasteiger partial charge in [0.05, 0.1) is 6.26 Å². The maximum atomic E-state index is 13.6. The molecule has 0 spiro atoms. The summed E-state index contributed by atoms with van der Waals surface area (Å²) in [5, 5.41) is 3.57. The SMILES string of the molecule is Cc1c(NC[C@H]2CCC[C@@H](c3ccccc3)C2)ncnc1C(=O)N1CCC(N2C[C@H]3C[C@@H](N(C)S(C)(=O)=O)C[C@H]3C2)CC1. The van der Waals surface area contributed by atoms with E-state index in [4.69, 9.17) is 0 Å². The van der Waals surface area contributed by atoms with Crippen molar-refractivity contribution >= 4 is 21.7 Å². The highest BCUT2D eigenvalue weighted by atomic mass is 32.2. The van der Waals surface area contributed by atoms with E-state index in [1.54, 1.807) is 11.4 Å². The number of benzene rings is 1. The van der Waals surface area contributed by atoms with Crippen LogP contribution < -0.4 is 5.32 Å². The molecule has 10 heteroatoms. The first-order valence-corrected chi connectivity index (χ1v) is 18.1. The number of carbonyl (C=O) groups is 1. The van der Waals surface area contributed by atoms with Gasteiger partial charge in [-0.3, -0.25) is 9.69 Å². The Morgan fingerprint density at radius 1 is 1.00 bits per heavy atom. The van der Waals surface area contributed by atoms with Gasteiger partial charge >= 0.3 is 0 Å². The van der Waals surface area contributed by atoms with E-state index in [2.05, 4.69) is 50.5 Å². The van der Waals surface area contributed by atoms with E-state index in [1.807, 2.05) is 11.8 Å². The van der Waals surface area contributed by atoms with Crippen molar-refractivity contribution in [1.29, 1.82) is 0 Å². The van der Waals surface area contributed by atoms with E-state index in [1.165, 1.54) is 43.8 Å². The molecule has 3 heterocycles. The molecule has 234 valence electrons. The summed E-state index contributed by atoms with van der Waals surface area (Å²) >= 11 is 0. The number of carbonyl (C=O) groups excluding carboxylic acids is 1. The van der Waals surface area contributed by atoms with Crippen molar-refractivity contribution in [2.24, 2.45) is 17.8 Å². The van der Waals surface area contributed by atoms with Gasteiger partial charge in [0.2, 0.25) is 10.0 Å². The first kappa shape index (κ1) is 30.5. The lowest BCUT2D eigenvalue weighted by Crippen LogP contribution is -2.47. The van der Waals surface area contributed by atoms with Gasteiger partial charge in [-0.15, -0.1) is 0 Å². The Bertz CT molecular complexity index is 1370. The predicted octanol–water partition coefficient (Wildman–Crippen LogP) is 4.38.